The molecule has 156 valence electrons. The molecule has 7 heteroatoms. The van der Waals surface area contributed by atoms with Gasteiger partial charge in [0.1, 0.15) is 17.3 Å². The molecule has 0 saturated carbocycles. The van der Waals surface area contributed by atoms with Crippen molar-refractivity contribution in [2.45, 2.75) is 31.6 Å². The third-order valence-corrected chi connectivity index (χ3v) is 6.95. The fourth-order valence-corrected chi connectivity index (χ4v) is 5.35. The van der Waals surface area contributed by atoms with Crippen molar-refractivity contribution in [1.29, 1.82) is 0 Å². The van der Waals surface area contributed by atoms with Gasteiger partial charge in [-0.3, -0.25) is 9.78 Å². The number of hydrogen-bond acceptors (Lipinski definition) is 4. The fourth-order valence-electron chi connectivity index (χ4n) is 4.20. The first-order chi connectivity index (χ1) is 15.1. The van der Waals surface area contributed by atoms with E-state index in [0.29, 0.717) is 0 Å². The highest BCUT2D eigenvalue weighted by Gasteiger charge is 2.30. The lowest BCUT2D eigenvalue weighted by molar-refractivity contribution is 0.102. The van der Waals surface area contributed by atoms with Gasteiger partial charge in [0, 0.05) is 23.2 Å². The number of hydrogen-bond donors (Lipinski definition) is 1. The number of fused-ring (bicyclic) bond motifs is 3. The highest BCUT2D eigenvalue weighted by Crippen LogP contribution is 2.45. The third kappa shape index (κ3) is 3.81. The summed E-state index contributed by atoms with van der Waals surface area (Å²) >= 11 is 1.32. The number of pyridine rings is 1. The number of benzene rings is 1. The van der Waals surface area contributed by atoms with Crippen LogP contribution in [0.2, 0.25) is 0 Å². The van der Waals surface area contributed by atoms with Crippen molar-refractivity contribution in [3.8, 4) is 0 Å². The molecule has 31 heavy (non-hydrogen) atoms. The van der Waals surface area contributed by atoms with Gasteiger partial charge in [-0.15, -0.1) is 11.3 Å². The molecule has 0 spiro atoms. The van der Waals surface area contributed by atoms with Crippen LogP contribution < -0.4 is 5.32 Å². The third-order valence-electron chi connectivity index (χ3n) is 5.74. The molecular formula is C24H19F2N3OS. The number of halogens is 2. The molecular weight excluding hydrogens is 416 g/mol. The molecule has 0 bridgehead atoms. The van der Waals surface area contributed by atoms with Crippen molar-refractivity contribution < 1.29 is 13.6 Å². The second-order valence-electron chi connectivity index (χ2n) is 7.66. The number of nitrogens with zero attached hydrogens (tertiary/aromatic N) is 2. The molecule has 1 N–H and O–H groups in total. The predicted octanol–water partition coefficient (Wildman–Crippen LogP) is 5.90. The number of rotatable bonds is 3. The highest BCUT2D eigenvalue weighted by atomic mass is 32.1. The summed E-state index contributed by atoms with van der Waals surface area (Å²) in [6.45, 7) is 0. The van der Waals surface area contributed by atoms with E-state index in [0.717, 1.165) is 54.0 Å². The Labute approximate surface area is 182 Å². The number of allylic oxidation sites excluding steroid dienone is 4. The molecule has 0 aliphatic heterocycles. The van der Waals surface area contributed by atoms with Gasteiger partial charge in [0.15, 0.2) is 5.01 Å². The fraction of sp³-hybridized carbons (Fsp3) is 0.208. The summed E-state index contributed by atoms with van der Waals surface area (Å²) in [6.07, 6.45) is 11.5. The lowest BCUT2D eigenvalue weighted by atomic mass is 9.83. The zero-order valence-electron chi connectivity index (χ0n) is 16.6. The standard InChI is InChI=1S/C24H19F2N3OS/c25-18-4-2-5-19(26)21(18)29-23(30)24-28-20-6-1-3-15-7-8-16(13-17(15)22(20)31-24)14-9-11-27-12-10-14/h2,4-5,7-12,17H,1,3,6,13H2,(H,29,30). The average Bonchev–Trinajstić information content (AvgIpc) is 3.14. The molecule has 3 aromatic rings. The number of aromatic nitrogens is 2. The molecule has 0 saturated heterocycles. The van der Waals surface area contributed by atoms with Crippen LogP contribution >= 0.6 is 11.3 Å². The smallest absolute Gasteiger partial charge is 0.284 e. The van der Waals surface area contributed by atoms with Gasteiger partial charge in [-0.1, -0.05) is 23.8 Å². The number of anilines is 1. The van der Waals surface area contributed by atoms with E-state index in [4.69, 9.17) is 0 Å². The second kappa shape index (κ2) is 8.15. The van der Waals surface area contributed by atoms with Gasteiger partial charge >= 0.3 is 0 Å². The number of amides is 1. The molecule has 0 fully saturated rings. The Balaban J connectivity index is 1.45. The van der Waals surface area contributed by atoms with Crippen LogP contribution in [0.4, 0.5) is 14.5 Å². The summed E-state index contributed by atoms with van der Waals surface area (Å²) < 4.78 is 27.9. The van der Waals surface area contributed by atoms with Crippen molar-refractivity contribution in [1.82, 2.24) is 9.97 Å². The zero-order valence-corrected chi connectivity index (χ0v) is 17.4. The normalized spacial score (nSPS) is 17.7. The summed E-state index contributed by atoms with van der Waals surface area (Å²) in [5, 5.41) is 2.58. The van der Waals surface area contributed by atoms with E-state index in [2.05, 4.69) is 27.4 Å². The van der Waals surface area contributed by atoms with Crippen molar-refractivity contribution in [2.24, 2.45) is 0 Å². The lowest BCUT2D eigenvalue weighted by Crippen LogP contribution is -2.14. The first-order valence-corrected chi connectivity index (χ1v) is 11.0. The summed E-state index contributed by atoms with van der Waals surface area (Å²) in [4.78, 5) is 22.5. The summed E-state index contributed by atoms with van der Waals surface area (Å²) in [5.74, 6) is -2.05. The van der Waals surface area contributed by atoms with Crippen LogP contribution in [0.1, 0.15) is 51.1 Å². The highest BCUT2D eigenvalue weighted by molar-refractivity contribution is 7.14. The van der Waals surface area contributed by atoms with Gasteiger partial charge in [0.25, 0.3) is 5.91 Å². The van der Waals surface area contributed by atoms with Crippen LogP contribution in [-0.4, -0.2) is 15.9 Å². The van der Waals surface area contributed by atoms with Crippen LogP contribution in [-0.2, 0) is 6.42 Å². The van der Waals surface area contributed by atoms with Crippen LogP contribution in [0.25, 0.3) is 5.57 Å². The molecule has 2 aromatic heterocycles. The van der Waals surface area contributed by atoms with Gasteiger partial charge in [-0.25, -0.2) is 13.8 Å². The number of aryl methyl sites for hydroxylation is 1. The number of carbonyl (C=O) groups excluding carboxylic acids is 1. The molecule has 5 rings (SSSR count). The first-order valence-electron chi connectivity index (χ1n) is 10.1. The quantitative estimate of drug-likeness (QED) is 0.557. The van der Waals surface area contributed by atoms with Gasteiger partial charge in [0.2, 0.25) is 0 Å². The maximum absolute atomic E-state index is 13.9. The van der Waals surface area contributed by atoms with Gasteiger partial charge in [-0.05, 0) is 61.1 Å². The Bertz CT molecular complexity index is 1200. The molecule has 1 atom stereocenters. The molecule has 2 aliphatic carbocycles. The number of thiazole rings is 1. The minimum atomic E-state index is -0.809. The Morgan fingerprint density at radius 3 is 2.61 bits per heavy atom. The summed E-state index contributed by atoms with van der Waals surface area (Å²) in [7, 11) is 0. The Kier molecular flexibility index (Phi) is 5.19. The van der Waals surface area contributed by atoms with E-state index in [1.165, 1.54) is 28.5 Å². The predicted molar refractivity (Wildman–Crippen MR) is 117 cm³/mol. The van der Waals surface area contributed by atoms with E-state index in [9.17, 15) is 13.6 Å². The van der Waals surface area contributed by atoms with Crippen LogP contribution in [0.3, 0.4) is 0 Å². The largest absolute Gasteiger partial charge is 0.315 e. The van der Waals surface area contributed by atoms with E-state index in [1.54, 1.807) is 12.4 Å². The Morgan fingerprint density at radius 2 is 1.84 bits per heavy atom. The van der Waals surface area contributed by atoms with Crippen molar-refractivity contribution in [2.75, 3.05) is 5.32 Å². The monoisotopic (exact) mass is 435 g/mol. The van der Waals surface area contributed by atoms with Crippen LogP contribution in [0, 0.1) is 11.6 Å². The second-order valence-corrected chi connectivity index (χ2v) is 8.69. The topological polar surface area (TPSA) is 54.9 Å². The molecule has 2 heterocycles. The minimum Gasteiger partial charge on any atom is -0.315 e. The molecule has 4 nitrogen and oxygen atoms in total. The molecule has 1 amide bonds. The van der Waals surface area contributed by atoms with Crippen LogP contribution in [0.5, 0.6) is 0 Å². The number of para-hydroxylation sites is 1. The Hall–Kier alpha value is -3.19. The van der Waals surface area contributed by atoms with Crippen LogP contribution in [0.15, 0.2) is 60.5 Å². The van der Waals surface area contributed by atoms with Gasteiger partial charge in [-0.2, -0.15) is 0 Å². The van der Waals surface area contributed by atoms with Gasteiger partial charge in [0.05, 0.1) is 5.69 Å². The molecule has 0 radical (unpaired) electrons. The van der Waals surface area contributed by atoms with Crippen molar-refractivity contribution >= 4 is 28.5 Å². The average molecular weight is 435 g/mol. The van der Waals surface area contributed by atoms with E-state index >= 15 is 0 Å². The maximum Gasteiger partial charge on any atom is 0.284 e. The lowest BCUT2D eigenvalue weighted by Gasteiger charge is -2.23. The van der Waals surface area contributed by atoms with E-state index in [1.807, 2.05) is 12.1 Å². The van der Waals surface area contributed by atoms with Gasteiger partial charge < -0.3 is 5.32 Å². The SMILES string of the molecule is O=C(Nc1c(F)cccc1F)c1nc2c(s1)C1CC(c3ccncc3)=CC=C1CCC2. The maximum atomic E-state index is 13.9. The minimum absolute atomic E-state index is 0.162. The summed E-state index contributed by atoms with van der Waals surface area (Å²) in [5.41, 5.74) is 4.16. The Morgan fingerprint density at radius 1 is 1.06 bits per heavy atom. The first kappa shape index (κ1) is 19.8. The van der Waals surface area contributed by atoms with E-state index < -0.39 is 23.2 Å². The summed E-state index contributed by atoms with van der Waals surface area (Å²) in [6, 6.07) is 7.48. The number of carbonyl (C=O) groups is 1. The van der Waals surface area contributed by atoms with Crippen molar-refractivity contribution in [3.05, 3.63) is 93.2 Å². The molecule has 1 unspecified atom stereocenters. The van der Waals surface area contributed by atoms with E-state index in [-0.39, 0.29) is 10.9 Å². The molecule has 2 aliphatic rings. The zero-order chi connectivity index (χ0) is 21.4. The van der Waals surface area contributed by atoms with Crippen molar-refractivity contribution in [3.63, 3.8) is 0 Å². The molecule has 1 aromatic carbocycles. The number of nitrogens with one attached hydrogen (secondary N) is 1.